The Morgan fingerprint density at radius 1 is 1.00 bits per heavy atom. The molecule has 0 saturated heterocycles. The smallest absolute Gasteiger partial charge is 0.230 e. The Bertz CT molecular complexity index is 1120. The van der Waals surface area contributed by atoms with E-state index in [1.54, 1.807) is 12.1 Å². The number of rotatable bonds is 3. The third kappa shape index (κ3) is 3.56. The van der Waals surface area contributed by atoms with Crippen LogP contribution in [-0.2, 0) is 11.2 Å². The van der Waals surface area contributed by atoms with E-state index in [9.17, 15) is 4.79 Å². The van der Waals surface area contributed by atoms with Crippen LogP contribution in [0.1, 0.15) is 30.0 Å². The Balaban J connectivity index is 1.74. The number of anilines is 1. The Morgan fingerprint density at radius 3 is 2.54 bits per heavy atom. The summed E-state index contributed by atoms with van der Waals surface area (Å²) in [6.07, 6.45) is 1.18. The van der Waals surface area contributed by atoms with E-state index in [0.717, 1.165) is 28.8 Å². The van der Waals surface area contributed by atoms with Crippen molar-refractivity contribution in [1.82, 2.24) is 0 Å². The minimum Gasteiger partial charge on any atom is -0.324 e. The topological polar surface area (TPSA) is 65.2 Å². The summed E-state index contributed by atoms with van der Waals surface area (Å²) in [6.45, 7) is 2.13. The van der Waals surface area contributed by atoms with Crippen molar-refractivity contribution < 1.29 is 4.79 Å². The van der Waals surface area contributed by atoms with E-state index >= 15 is 0 Å². The summed E-state index contributed by atoms with van der Waals surface area (Å²) in [7, 11) is 0. The van der Waals surface area contributed by atoms with Gasteiger partial charge in [-0.25, -0.2) is 0 Å². The molecule has 0 unspecified atom stereocenters. The van der Waals surface area contributed by atoms with Crippen molar-refractivity contribution in [2.75, 3.05) is 5.32 Å². The van der Waals surface area contributed by atoms with E-state index in [4.69, 9.17) is 10.3 Å². The van der Waals surface area contributed by atoms with Gasteiger partial charge < -0.3 is 5.32 Å². The van der Waals surface area contributed by atoms with Gasteiger partial charge in [0.2, 0.25) is 5.91 Å². The van der Waals surface area contributed by atoms with Crippen molar-refractivity contribution in [3.63, 3.8) is 0 Å². The Morgan fingerprint density at radius 2 is 1.79 bits per heavy atom. The number of nitrogens with one attached hydrogen (secondary N) is 1. The monoisotopic (exact) mass is 365 g/mol. The third-order valence-corrected chi connectivity index (χ3v) is 4.87. The summed E-state index contributed by atoms with van der Waals surface area (Å²) < 4.78 is 0. The number of carbonyl (C=O) groups excluding carboxylic acids is 1. The number of hydrogen-bond acceptors (Lipinski definition) is 3. The van der Waals surface area contributed by atoms with Crippen LogP contribution in [0.3, 0.4) is 0 Å². The second-order valence-electron chi connectivity index (χ2n) is 6.76. The van der Waals surface area contributed by atoms with Crippen LogP contribution in [0.15, 0.2) is 71.7 Å². The van der Waals surface area contributed by atoms with Crippen LogP contribution in [0.4, 0.5) is 11.4 Å². The average Bonchev–Trinajstić information content (AvgIpc) is 2.91. The molecule has 1 aliphatic rings. The summed E-state index contributed by atoms with van der Waals surface area (Å²) >= 11 is 0. The molecule has 0 fully saturated rings. The summed E-state index contributed by atoms with van der Waals surface area (Å²) in [4.78, 5) is 17.2. The van der Waals surface area contributed by atoms with E-state index < -0.39 is 0 Å². The van der Waals surface area contributed by atoms with Crippen molar-refractivity contribution in [3.8, 4) is 17.2 Å². The number of benzene rings is 3. The molecule has 3 aromatic carbocycles. The quantitative estimate of drug-likeness (QED) is 0.689. The number of hydrogen-bond donors (Lipinski definition) is 1. The lowest BCUT2D eigenvalue weighted by molar-refractivity contribution is -0.115. The maximum Gasteiger partial charge on any atom is 0.230 e. The molecule has 0 radical (unpaired) electrons. The molecule has 0 saturated carbocycles. The first-order chi connectivity index (χ1) is 13.7. The number of fused-ring (bicyclic) bond motifs is 1. The molecule has 0 aliphatic carbocycles. The maximum absolute atomic E-state index is 12.5. The molecule has 1 aliphatic heterocycles. The van der Waals surface area contributed by atoms with Crippen LogP contribution >= 0.6 is 0 Å². The highest BCUT2D eigenvalue weighted by Crippen LogP contribution is 2.33. The molecule has 28 heavy (non-hydrogen) atoms. The lowest BCUT2D eigenvalue weighted by Gasteiger charge is -2.09. The lowest BCUT2D eigenvalue weighted by Crippen LogP contribution is -2.15. The van der Waals surface area contributed by atoms with Gasteiger partial charge in [-0.05, 0) is 52.9 Å². The largest absolute Gasteiger partial charge is 0.324 e. The van der Waals surface area contributed by atoms with Crippen LogP contribution < -0.4 is 5.32 Å². The van der Waals surface area contributed by atoms with Gasteiger partial charge in [-0.3, -0.25) is 9.79 Å². The number of nitrogens with zero attached hydrogens (tertiary/aromatic N) is 2. The third-order valence-electron chi connectivity index (χ3n) is 4.87. The zero-order chi connectivity index (χ0) is 19.5. The minimum atomic E-state index is -0.113. The fraction of sp³-hybridized carbons (Fsp3) is 0.125. The second-order valence-corrected chi connectivity index (χ2v) is 6.76. The van der Waals surface area contributed by atoms with E-state index in [0.29, 0.717) is 17.0 Å². The van der Waals surface area contributed by atoms with E-state index in [-0.39, 0.29) is 12.3 Å². The molecule has 1 heterocycles. The molecule has 1 amide bonds. The molecule has 4 heteroatoms. The van der Waals surface area contributed by atoms with Gasteiger partial charge in [0, 0.05) is 0 Å². The first-order valence-corrected chi connectivity index (χ1v) is 9.27. The van der Waals surface area contributed by atoms with Crippen molar-refractivity contribution in [2.45, 2.75) is 19.8 Å². The highest BCUT2D eigenvalue weighted by atomic mass is 16.1. The van der Waals surface area contributed by atoms with Gasteiger partial charge in [-0.2, -0.15) is 5.26 Å². The molecule has 4 rings (SSSR count). The summed E-state index contributed by atoms with van der Waals surface area (Å²) in [5.74, 6) is -0.113. The van der Waals surface area contributed by atoms with Gasteiger partial charge in [0.1, 0.15) is 0 Å². The van der Waals surface area contributed by atoms with Crippen LogP contribution in [0.25, 0.3) is 11.1 Å². The predicted octanol–water partition coefficient (Wildman–Crippen LogP) is 5.25. The molecular weight excluding hydrogens is 346 g/mol. The van der Waals surface area contributed by atoms with E-state index in [1.165, 1.54) is 5.56 Å². The summed E-state index contributed by atoms with van der Waals surface area (Å²) in [5.41, 5.74) is 6.85. The first-order valence-electron chi connectivity index (χ1n) is 9.27. The van der Waals surface area contributed by atoms with Gasteiger partial charge >= 0.3 is 0 Å². The second kappa shape index (κ2) is 7.50. The normalized spacial score (nSPS) is 13.0. The highest BCUT2D eigenvalue weighted by molar-refractivity contribution is 6.17. The Hall–Kier alpha value is -3.71. The molecule has 0 bridgehead atoms. The molecule has 136 valence electrons. The van der Waals surface area contributed by atoms with Crippen LogP contribution in [0.2, 0.25) is 0 Å². The molecule has 0 atom stereocenters. The predicted molar refractivity (Wildman–Crippen MR) is 112 cm³/mol. The van der Waals surface area contributed by atoms with Crippen molar-refractivity contribution in [3.05, 3.63) is 83.4 Å². The van der Waals surface area contributed by atoms with Crippen LogP contribution in [0.5, 0.6) is 0 Å². The standard InChI is InChI=1S/C24H19N3O/c1-2-16-6-8-18(9-7-16)19-10-11-21-23(13-19)27-24(28)14-22(26-21)20-5-3-4-17(12-20)15-25/h3-13H,2,14H2,1H3,(H,27,28). The zero-order valence-corrected chi connectivity index (χ0v) is 15.6. The van der Waals surface area contributed by atoms with Crippen LogP contribution in [0, 0.1) is 11.3 Å². The minimum absolute atomic E-state index is 0.113. The van der Waals surface area contributed by atoms with Crippen molar-refractivity contribution in [2.24, 2.45) is 4.99 Å². The first kappa shape index (κ1) is 17.7. The number of nitriles is 1. The molecule has 4 nitrogen and oxygen atoms in total. The Labute approximate surface area is 164 Å². The number of aliphatic imine (C=N–C) groups is 1. The van der Waals surface area contributed by atoms with E-state index in [1.807, 2.05) is 30.3 Å². The zero-order valence-electron chi connectivity index (χ0n) is 15.6. The number of carbonyl (C=O) groups is 1. The summed E-state index contributed by atoms with van der Waals surface area (Å²) in [5, 5.41) is 12.1. The fourth-order valence-electron chi connectivity index (χ4n) is 3.31. The number of amides is 1. The van der Waals surface area contributed by atoms with Crippen LogP contribution in [-0.4, -0.2) is 11.6 Å². The summed E-state index contributed by atoms with van der Waals surface area (Å²) in [6, 6.07) is 23.7. The maximum atomic E-state index is 12.5. The lowest BCUT2D eigenvalue weighted by atomic mass is 10.0. The molecule has 1 N–H and O–H groups in total. The molecular formula is C24H19N3O. The number of aryl methyl sites for hydroxylation is 1. The van der Waals surface area contributed by atoms with Gasteiger partial charge in [-0.1, -0.05) is 49.4 Å². The molecule has 0 spiro atoms. The highest BCUT2D eigenvalue weighted by Gasteiger charge is 2.18. The average molecular weight is 365 g/mol. The van der Waals surface area contributed by atoms with E-state index in [2.05, 4.69) is 42.6 Å². The van der Waals surface area contributed by atoms with Gasteiger partial charge in [-0.15, -0.1) is 0 Å². The van der Waals surface area contributed by atoms with Crippen molar-refractivity contribution in [1.29, 1.82) is 5.26 Å². The van der Waals surface area contributed by atoms with Gasteiger partial charge in [0.05, 0.1) is 35.1 Å². The van der Waals surface area contributed by atoms with Crippen molar-refractivity contribution >= 4 is 23.0 Å². The molecule has 0 aromatic heterocycles. The Kier molecular flexibility index (Phi) is 4.74. The SMILES string of the molecule is CCc1ccc(-c2ccc3c(c2)NC(=O)CC(c2cccc(C#N)c2)=N3)cc1. The van der Waals surface area contributed by atoms with Gasteiger partial charge in [0.15, 0.2) is 0 Å². The fourth-order valence-corrected chi connectivity index (χ4v) is 3.31. The molecule has 3 aromatic rings. The van der Waals surface area contributed by atoms with Gasteiger partial charge in [0.25, 0.3) is 0 Å².